The predicted molar refractivity (Wildman–Crippen MR) is 80.7 cm³/mol. The van der Waals surface area contributed by atoms with Crippen molar-refractivity contribution in [2.75, 3.05) is 20.1 Å². The van der Waals surface area contributed by atoms with Crippen molar-refractivity contribution in [1.29, 1.82) is 0 Å². The van der Waals surface area contributed by atoms with Gasteiger partial charge in [-0.25, -0.2) is 17.5 Å². The fourth-order valence-electron chi connectivity index (χ4n) is 3.41. The van der Waals surface area contributed by atoms with Crippen molar-refractivity contribution in [3.63, 3.8) is 0 Å². The Morgan fingerprint density at radius 1 is 1.24 bits per heavy atom. The summed E-state index contributed by atoms with van der Waals surface area (Å²) in [7, 11) is -1.62. The number of hydrogen-bond acceptors (Lipinski definition) is 3. The summed E-state index contributed by atoms with van der Waals surface area (Å²) >= 11 is 0. The Morgan fingerprint density at radius 2 is 1.71 bits per heavy atom. The molecule has 0 aromatic carbocycles. The molecule has 6 nitrogen and oxygen atoms in total. The van der Waals surface area contributed by atoms with Gasteiger partial charge in [0.2, 0.25) is 10.0 Å². The molecule has 1 saturated heterocycles. The van der Waals surface area contributed by atoms with Gasteiger partial charge in [0.1, 0.15) is 0 Å². The second-order valence-electron chi connectivity index (χ2n) is 7.47. The third-order valence-electron chi connectivity index (χ3n) is 5.10. The number of carbonyl (C=O) groups is 1. The molecule has 21 heavy (non-hydrogen) atoms. The summed E-state index contributed by atoms with van der Waals surface area (Å²) in [4.78, 5) is 12.4. The van der Waals surface area contributed by atoms with Crippen LogP contribution in [-0.4, -0.2) is 59.7 Å². The zero-order valence-electron chi connectivity index (χ0n) is 13.3. The monoisotopic (exact) mass is 318 g/mol. The van der Waals surface area contributed by atoms with Crippen LogP contribution in [0.3, 0.4) is 0 Å². The molecule has 2 aliphatic rings. The first kappa shape index (κ1) is 16.5. The molecule has 1 amide bonds. The van der Waals surface area contributed by atoms with Crippen LogP contribution in [0, 0.1) is 5.41 Å². The van der Waals surface area contributed by atoms with E-state index in [0.717, 1.165) is 25.7 Å². The molecule has 0 aromatic heterocycles. The van der Waals surface area contributed by atoms with Gasteiger partial charge in [-0.2, -0.15) is 0 Å². The van der Waals surface area contributed by atoms with Crippen LogP contribution in [-0.2, 0) is 10.0 Å². The average molecular weight is 318 g/mol. The molecule has 1 spiro atoms. The quantitative estimate of drug-likeness (QED) is 0.844. The van der Waals surface area contributed by atoms with Gasteiger partial charge in [-0.15, -0.1) is 0 Å². The van der Waals surface area contributed by atoms with E-state index in [2.05, 4.69) is 0 Å². The number of sulfonamides is 1. The second-order valence-corrected chi connectivity index (χ2v) is 10.2. The molecule has 1 aliphatic heterocycles. The smallest absolute Gasteiger partial charge is 0.407 e. The first-order valence-corrected chi connectivity index (χ1v) is 8.88. The van der Waals surface area contributed by atoms with Crippen LogP contribution in [0.2, 0.25) is 0 Å². The lowest BCUT2D eigenvalue weighted by molar-refractivity contribution is -0.00934. The number of likely N-dealkylation sites (tertiary alicyclic amines) is 1. The highest BCUT2D eigenvalue weighted by atomic mass is 32.2. The van der Waals surface area contributed by atoms with Gasteiger partial charge in [-0.3, -0.25) is 0 Å². The molecule has 122 valence electrons. The van der Waals surface area contributed by atoms with Gasteiger partial charge in [0, 0.05) is 26.2 Å². The van der Waals surface area contributed by atoms with E-state index in [9.17, 15) is 13.2 Å². The summed E-state index contributed by atoms with van der Waals surface area (Å²) in [5.41, 5.74) is 0.151. The number of carboxylic acid groups (broad SMARTS) is 1. The van der Waals surface area contributed by atoms with Crippen molar-refractivity contribution in [2.45, 2.75) is 57.2 Å². The van der Waals surface area contributed by atoms with Gasteiger partial charge in [0.15, 0.2) is 0 Å². The minimum atomic E-state index is -3.29. The number of rotatable bonds is 2. The zero-order valence-corrected chi connectivity index (χ0v) is 14.1. The average Bonchev–Trinajstić information content (AvgIpc) is 2.33. The maximum absolute atomic E-state index is 12.4. The third-order valence-corrected chi connectivity index (χ3v) is 7.70. The van der Waals surface area contributed by atoms with E-state index in [4.69, 9.17) is 5.11 Å². The van der Waals surface area contributed by atoms with E-state index in [0.29, 0.717) is 13.1 Å². The number of piperidine rings is 1. The fourth-order valence-corrected chi connectivity index (χ4v) is 4.81. The lowest BCUT2D eigenvalue weighted by atomic mass is 9.60. The predicted octanol–water partition coefficient (Wildman–Crippen LogP) is 1.97. The van der Waals surface area contributed by atoms with Crippen LogP contribution in [0.25, 0.3) is 0 Å². The van der Waals surface area contributed by atoms with Crippen LogP contribution in [0.1, 0.15) is 46.5 Å². The van der Waals surface area contributed by atoms with Gasteiger partial charge in [-0.1, -0.05) is 0 Å². The molecular weight excluding hydrogens is 292 g/mol. The molecule has 1 aliphatic carbocycles. The Morgan fingerprint density at radius 3 is 2.10 bits per heavy atom. The molecule has 7 heteroatoms. The first-order valence-electron chi connectivity index (χ1n) is 7.44. The Hall–Kier alpha value is -0.820. The van der Waals surface area contributed by atoms with Gasteiger partial charge >= 0.3 is 6.09 Å². The molecule has 0 atom stereocenters. The minimum absolute atomic E-state index is 0.0607. The van der Waals surface area contributed by atoms with E-state index >= 15 is 0 Å². The van der Waals surface area contributed by atoms with E-state index in [1.165, 1.54) is 9.21 Å². The van der Waals surface area contributed by atoms with Crippen molar-refractivity contribution in [3.05, 3.63) is 0 Å². The SMILES string of the molecule is CN(C1CC2(CCN(C(=O)O)CC2)C1)S(=O)(=O)C(C)(C)C. The van der Waals surface area contributed by atoms with Gasteiger partial charge in [-0.05, 0) is 51.9 Å². The highest BCUT2D eigenvalue weighted by Crippen LogP contribution is 2.51. The first-order chi connectivity index (χ1) is 9.48. The highest BCUT2D eigenvalue weighted by Gasteiger charge is 2.51. The zero-order chi connectivity index (χ0) is 16.1. The van der Waals surface area contributed by atoms with Crippen molar-refractivity contribution in [2.24, 2.45) is 5.41 Å². The van der Waals surface area contributed by atoms with Crippen molar-refractivity contribution in [1.82, 2.24) is 9.21 Å². The summed E-state index contributed by atoms with van der Waals surface area (Å²) in [6, 6.07) is 0.0607. The standard InChI is InChI=1S/C14H26N2O4S/c1-13(2,3)21(19,20)15(4)11-9-14(10-11)5-7-16(8-6-14)12(17)18/h11H,5-10H2,1-4H3,(H,17,18). The summed E-state index contributed by atoms with van der Waals surface area (Å²) in [6.45, 7) is 6.30. The summed E-state index contributed by atoms with van der Waals surface area (Å²) in [5.74, 6) is 0. The molecule has 2 fully saturated rings. The van der Waals surface area contributed by atoms with Gasteiger partial charge in [0.05, 0.1) is 4.75 Å². The van der Waals surface area contributed by atoms with E-state index in [1.807, 2.05) is 0 Å². The lowest BCUT2D eigenvalue weighted by Crippen LogP contribution is -2.57. The third kappa shape index (κ3) is 2.90. The van der Waals surface area contributed by atoms with E-state index in [1.54, 1.807) is 27.8 Å². The van der Waals surface area contributed by atoms with Crippen LogP contribution >= 0.6 is 0 Å². The minimum Gasteiger partial charge on any atom is -0.465 e. The van der Waals surface area contributed by atoms with E-state index in [-0.39, 0.29) is 11.5 Å². The Kier molecular flexibility index (Phi) is 4.04. The highest BCUT2D eigenvalue weighted by molar-refractivity contribution is 7.90. The van der Waals surface area contributed by atoms with Crippen molar-refractivity contribution < 1.29 is 18.3 Å². The molecule has 1 heterocycles. The molecule has 1 saturated carbocycles. The molecule has 0 radical (unpaired) electrons. The second kappa shape index (κ2) is 5.12. The van der Waals surface area contributed by atoms with Crippen LogP contribution in [0.4, 0.5) is 4.79 Å². The summed E-state index contributed by atoms with van der Waals surface area (Å²) in [6.07, 6.45) is 2.55. The normalized spacial score (nSPS) is 23.4. The summed E-state index contributed by atoms with van der Waals surface area (Å²) < 4.78 is 25.6. The topological polar surface area (TPSA) is 77.9 Å². The molecule has 0 bridgehead atoms. The van der Waals surface area contributed by atoms with Crippen LogP contribution in [0.5, 0.6) is 0 Å². The maximum Gasteiger partial charge on any atom is 0.407 e. The Bertz CT molecular complexity index is 508. The van der Waals surface area contributed by atoms with Crippen molar-refractivity contribution in [3.8, 4) is 0 Å². The van der Waals surface area contributed by atoms with Crippen molar-refractivity contribution >= 4 is 16.1 Å². The Balaban J connectivity index is 1.94. The Labute approximate surface area is 127 Å². The number of hydrogen-bond donors (Lipinski definition) is 1. The van der Waals surface area contributed by atoms with Gasteiger partial charge in [0.25, 0.3) is 0 Å². The molecule has 1 N–H and O–H groups in total. The maximum atomic E-state index is 12.4. The van der Waals surface area contributed by atoms with Crippen LogP contribution < -0.4 is 0 Å². The van der Waals surface area contributed by atoms with E-state index < -0.39 is 20.9 Å². The lowest BCUT2D eigenvalue weighted by Gasteiger charge is -2.54. The van der Waals surface area contributed by atoms with Gasteiger partial charge < -0.3 is 10.0 Å². The molecule has 0 unspecified atom stereocenters. The summed E-state index contributed by atoms with van der Waals surface area (Å²) in [5, 5.41) is 8.97. The molecular formula is C14H26N2O4S. The fraction of sp³-hybridized carbons (Fsp3) is 0.929. The number of amides is 1. The molecule has 0 aromatic rings. The molecule has 2 rings (SSSR count). The largest absolute Gasteiger partial charge is 0.465 e. The van der Waals surface area contributed by atoms with Crippen LogP contribution in [0.15, 0.2) is 0 Å². The number of nitrogens with zero attached hydrogens (tertiary/aromatic N) is 2.